The number of nitrogens with one attached hydrogen (secondary N) is 1. The Balaban J connectivity index is 1.61. The molecule has 7 nitrogen and oxygen atoms in total. The van der Waals surface area contributed by atoms with Crippen molar-refractivity contribution in [1.29, 1.82) is 0 Å². The van der Waals surface area contributed by atoms with E-state index in [9.17, 15) is 4.79 Å². The van der Waals surface area contributed by atoms with Gasteiger partial charge in [-0.2, -0.15) is 0 Å². The fraction of sp³-hybridized carbons (Fsp3) is 0.333. The largest absolute Gasteiger partial charge is 0.349 e. The number of hydrogen-bond donors (Lipinski definition) is 1. The summed E-state index contributed by atoms with van der Waals surface area (Å²) in [5, 5.41) is 3.08. The van der Waals surface area contributed by atoms with Crippen molar-refractivity contribution in [2.75, 3.05) is 0 Å². The smallest absolute Gasteiger partial charge is 0.243 e. The van der Waals surface area contributed by atoms with Gasteiger partial charge in [0, 0.05) is 18.8 Å². The average molecular weight is 376 g/mol. The maximum Gasteiger partial charge on any atom is 0.243 e. The lowest BCUT2D eigenvalue weighted by Gasteiger charge is -2.20. The Morgan fingerprint density at radius 3 is 2.89 bits per heavy atom. The first-order valence-electron chi connectivity index (χ1n) is 9.72. The maximum absolute atomic E-state index is 13.1. The Hall–Kier alpha value is -3.22. The van der Waals surface area contributed by atoms with Crippen LogP contribution in [0.25, 0.3) is 16.7 Å². The van der Waals surface area contributed by atoms with Gasteiger partial charge in [0.1, 0.15) is 11.9 Å². The third kappa shape index (κ3) is 3.24. The number of carbonyl (C=O) groups is 1. The first-order chi connectivity index (χ1) is 13.7. The molecule has 144 valence electrons. The van der Waals surface area contributed by atoms with Gasteiger partial charge in [-0.3, -0.25) is 14.2 Å². The molecule has 3 heterocycles. The third-order valence-electron chi connectivity index (χ3n) is 4.98. The molecule has 1 unspecified atom stereocenters. The summed E-state index contributed by atoms with van der Waals surface area (Å²) >= 11 is 0. The van der Waals surface area contributed by atoms with E-state index in [1.807, 2.05) is 41.8 Å². The molecule has 0 saturated heterocycles. The van der Waals surface area contributed by atoms with Crippen molar-refractivity contribution in [1.82, 2.24) is 29.2 Å². The van der Waals surface area contributed by atoms with Crippen LogP contribution >= 0.6 is 0 Å². The molecule has 0 bridgehead atoms. The predicted octanol–water partition coefficient (Wildman–Crippen LogP) is 3.30. The van der Waals surface area contributed by atoms with Crippen LogP contribution < -0.4 is 5.32 Å². The SMILES string of the molecule is CCCc1nc2ccccc2n1C(CC)C(=O)NCc1cnc2cnccn12. The number of aryl methyl sites for hydroxylation is 1. The van der Waals surface area contributed by atoms with Crippen LogP contribution in [-0.4, -0.2) is 29.8 Å². The number of nitrogens with zero attached hydrogens (tertiary/aromatic N) is 5. The fourth-order valence-electron chi connectivity index (χ4n) is 3.65. The number of amides is 1. The highest BCUT2D eigenvalue weighted by molar-refractivity contribution is 5.84. The highest BCUT2D eigenvalue weighted by Gasteiger charge is 2.23. The number of benzene rings is 1. The first kappa shape index (κ1) is 18.2. The molecule has 3 aromatic heterocycles. The normalized spacial score (nSPS) is 12.5. The molecule has 0 aliphatic carbocycles. The number of fused-ring (bicyclic) bond motifs is 2. The lowest BCUT2D eigenvalue weighted by Crippen LogP contribution is -2.33. The molecule has 1 N–H and O–H groups in total. The van der Waals surface area contributed by atoms with Gasteiger partial charge < -0.3 is 9.88 Å². The number of carbonyl (C=O) groups excluding carboxylic acids is 1. The van der Waals surface area contributed by atoms with Crippen molar-refractivity contribution in [2.45, 2.75) is 45.7 Å². The van der Waals surface area contributed by atoms with Gasteiger partial charge in [-0.05, 0) is 25.0 Å². The molecule has 0 radical (unpaired) electrons. The van der Waals surface area contributed by atoms with E-state index in [4.69, 9.17) is 4.98 Å². The number of para-hydroxylation sites is 2. The Morgan fingerprint density at radius 2 is 2.07 bits per heavy atom. The molecule has 0 aliphatic heterocycles. The van der Waals surface area contributed by atoms with Crippen LogP contribution in [0.2, 0.25) is 0 Å². The minimum Gasteiger partial charge on any atom is -0.349 e. The van der Waals surface area contributed by atoms with Crippen molar-refractivity contribution in [3.05, 3.63) is 60.6 Å². The quantitative estimate of drug-likeness (QED) is 0.537. The van der Waals surface area contributed by atoms with Crippen LogP contribution in [0.15, 0.2) is 49.1 Å². The molecule has 28 heavy (non-hydrogen) atoms. The van der Waals surface area contributed by atoms with E-state index in [1.54, 1.807) is 18.6 Å². The van der Waals surface area contributed by atoms with Gasteiger partial charge in [0.25, 0.3) is 0 Å². The van der Waals surface area contributed by atoms with Gasteiger partial charge in [0.05, 0.1) is 35.7 Å². The van der Waals surface area contributed by atoms with E-state index in [1.165, 1.54) is 0 Å². The van der Waals surface area contributed by atoms with E-state index in [0.29, 0.717) is 13.0 Å². The topological polar surface area (TPSA) is 77.1 Å². The molecule has 4 aromatic rings. The number of rotatable bonds is 7. The summed E-state index contributed by atoms with van der Waals surface area (Å²) in [4.78, 5) is 26.3. The van der Waals surface area contributed by atoms with E-state index >= 15 is 0 Å². The number of hydrogen-bond acceptors (Lipinski definition) is 4. The standard InChI is InChI=1S/C21H24N6O/c1-3-7-19-25-16-8-5-6-9-18(16)27(19)17(4-2)21(28)24-13-15-12-23-20-14-22-10-11-26(15)20/h5-6,8-12,14,17H,3-4,7,13H2,1-2H3,(H,24,28). The molecule has 1 amide bonds. The molecule has 1 aromatic carbocycles. The van der Waals surface area contributed by atoms with E-state index in [0.717, 1.165) is 41.0 Å². The Morgan fingerprint density at radius 1 is 1.21 bits per heavy atom. The Kier molecular flexibility index (Phi) is 5.06. The van der Waals surface area contributed by atoms with Crippen LogP contribution in [0.5, 0.6) is 0 Å². The summed E-state index contributed by atoms with van der Waals surface area (Å²) in [6.45, 7) is 4.58. The number of imidazole rings is 2. The third-order valence-corrected chi connectivity index (χ3v) is 4.98. The molecule has 0 aliphatic rings. The van der Waals surface area contributed by atoms with Crippen molar-refractivity contribution < 1.29 is 4.79 Å². The lowest BCUT2D eigenvalue weighted by atomic mass is 10.1. The van der Waals surface area contributed by atoms with Crippen molar-refractivity contribution in [3.63, 3.8) is 0 Å². The highest BCUT2D eigenvalue weighted by Crippen LogP contribution is 2.24. The minimum atomic E-state index is -0.296. The van der Waals surface area contributed by atoms with Crippen molar-refractivity contribution in [3.8, 4) is 0 Å². The second kappa shape index (κ2) is 7.80. The maximum atomic E-state index is 13.1. The van der Waals surface area contributed by atoms with E-state index in [-0.39, 0.29) is 11.9 Å². The van der Waals surface area contributed by atoms with Crippen LogP contribution in [0.1, 0.15) is 44.2 Å². The summed E-state index contributed by atoms with van der Waals surface area (Å²) in [7, 11) is 0. The van der Waals surface area contributed by atoms with Crippen molar-refractivity contribution in [2.24, 2.45) is 0 Å². The zero-order valence-corrected chi connectivity index (χ0v) is 16.2. The molecule has 0 spiro atoms. The minimum absolute atomic E-state index is 0.00740. The molecular formula is C21H24N6O. The van der Waals surface area contributed by atoms with Gasteiger partial charge in [-0.15, -0.1) is 0 Å². The predicted molar refractivity (Wildman–Crippen MR) is 108 cm³/mol. The summed E-state index contributed by atoms with van der Waals surface area (Å²) in [5.41, 5.74) is 3.63. The second-order valence-electron chi connectivity index (χ2n) is 6.83. The molecule has 1 atom stereocenters. The van der Waals surface area contributed by atoms with Crippen LogP contribution in [0.3, 0.4) is 0 Å². The molecule has 7 heteroatoms. The van der Waals surface area contributed by atoms with Crippen LogP contribution in [-0.2, 0) is 17.8 Å². The van der Waals surface area contributed by atoms with E-state index < -0.39 is 0 Å². The Labute approximate surface area is 163 Å². The summed E-state index contributed by atoms with van der Waals surface area (Å²) < 4.78 is 4.04. The van der Waals surface area contributed by atoms with Gasteiger partial charge in [0.2, 0.25) is 5.91 Å². The van der Waals surface area contributed by atoms with Gasteiger partial charge in [-0.25, -0.2) is 9.97 Å². The number of aromatic nitrogens is 5. The highest BCUT2D eigenvalue weighted by atomic mass is 16.2. The van der Waals surface area contributed by atoms with Gasteiger partial charge in [-0.1, -0.05) is 26.0 Å². The Bertz CT molecular complexity index is 1110. The summed E-state index contributed by atoms with van der Waals surface area (Å²) in [5.74, 6) is 0.957. The van der Waals surface area contributed by atoms with Crippen LogP contribution in [0.4, 0.5) is 0 Å². The summed E-state index contributed by atoms with van der Waals surface area (Å²) in [6.07, 6.45) is 9.56. The van der Waals surface area contributed by atoms with Crippen LogP contribution in [0, 0.1) is 0 Å². The monoisotopic (exact) mass is 376 g/mol. The molecule has 4 rings (SSSR count). The van der Waals surface area contributed by atoms with Gasteiger partial charge in [0.15, 0.2) is 5.65 Å². The van der Waals surface area contributed by atoms with Gasteiger partial charge >= 0.3 is 0 Å². The van der Waals surface area contributed by atoms with E-state index in [2.05, 4.69) is 26.8 Å². The lowest BCUT2D eigenvalue weighted by molar-refractivity contribution is -0.124. The fourth-order valence-corrected chi connectivity index (χ4v) is 3.65. The zero-order valence-electron chi connectivity index (χ0n) is 16.2. The molecule has 0 fully saturated rings. The average Bonchev–Trinajstić information content (AvgIpc) is 3.29. The van der Waals surface area contributed by atoms with Crippen molar-refractivity contribution >= 4 is 22.6 Å². The zero-order chi connectivity index (χ0) is 19.5. The molecule has 0 saturated carbocycles. The summed E-state index contributed by atoms with van der Waals surface area (Å²) in [6, 6.07) is 7.72. The first-order valence-corrected chi connectivity index (χ1v) is 9.72. The molecular weight excluding hydrogens is 352 g/mol. The second-order valence-corrected chi connectivity index (χ2v) is 6.83.